The molecule has 1 aromatic carbocycles. The molecule has 212 valence electrons. The first-order valence-corrected chi connectivity index (χ1v) is 14.5. The van der Waals surface area contributed by atoms with Crippen molar-refractivity contribution in [1.82, 2.24) is 30.1 Å². The quantitative estimate of drug-likeness (QED) is 0.344. The fourth-order valence-corrected chi connectivity index (χ4v) is 4.56. The van der Waals surface area contributed by atoms with E-state index in [0.29, 0.717) is 18.2 Å². The molecule has 13 heteroatoms. The third kappa shape index (κ3) is 9.79. The van der Waals surface area contributed by atoms with Crippen molar-refractivity contribution in [3.05, 3.63) is 66.6 Å². The van der Waals surface area contributed by atoms with Gasteiger partial charge >= 0.3 is 7.60 Å². The van der Waals surface area contributed by atoms with Gasteiger partial charge in [-0.05, 0) is 57.3 Å². The van der Waals surface area contributed by atoms with Crippen LogP contribution in [0.25, 0.3) is 11.3 Å². The lowest BCUT2D eigenvalue weighted by Gasteiger charge is -2.32. The number of nitrogens with zero attached hydrogens (tertiary/aromatic N) is 6. The van der Waals surface area contributed by atoms with Crippen LogP contribution in [0, 0.1) is 11.1 Å². The highest BCUT2D eigenvalue weighted by Gasteiger charge is 2.21. The molecule has 0 bridgehead atoms. The predicted octanol–water partition coefficient (Wildman–Crippen LogP) is 3.95. The first kappa shape index (κ1) is 30.8. The second-order valence-electron chi connectivity index (χ2n) is 8.73. The molecule has 0 radical (unpaired) electrons. The van der Waals surface area contributed by atoms with Crippen molar-refractivity contribution in [1.29, 1.82) is 5.26 Å². The molecule has 1 aliphatic rings. The third-order valence-electron chi connectivity index (χ3n) is 5.77. The van der Waals surface area contributed by atoms with Gasteiger partial charge in [0.1, 0.15) is 0 Å². The normalized spacial score (nSPS) is 13.9. The van der Waals surface area contributed by atoms with Crippen LogP contribution in [0.5, 0.6) is 0 Å². The molecule has 0 saturated carbocycles. The third-order valence-corrected chi connectivity index (χ3v) is 7.21. The van der Waals surface area contributed by atoms with E-state index in [1.807, 2.05) is 30.3 Å². The van der Waals surface area contributed by atoms with E-state index in [1.54, 1.807) is 44.6 Å². The molecule has 12 nitrogen and oxygen atoms in total. The number of hydrogen-bond donors (Lipinski definition) is 2. The fourth-order valence-electron chi connectivity index (χ4n) is 3.69. The lowest BCUT2D eigenvalue weighted by atomic mass is 10.2. The number of hydrogen-bond acceptors (Lipinski definition) is 11. The minimum Gasteiger partial charge on any atom is -0.339 e. The van der Waals surface area contributed by atoms with E-state index in [4.69, 9.17) is 5.26 Å². The summed E-state index contributed by atoms with van der Waals surface area (Å²) in [5.41, 5.74) is 3.05. The Morgan fingerprint density at radius 2 is 1.82 bits per heavy atom. The van der Waals surface area contributed by atoms with Crippen molar-refractivity contribution in [2.24, 2.45) is 0 Å². The zero-order valence-electron chi connectivity index (χ0n) is 23.0. The van der Waals surface area contributed by atoms with Crippen LogP contribution in [0.3, 0.4) is 0 Å². The molecule has 2 N–H and O–H groups in total. The van der Waals surface area contributed by atoms with Crippen LogP contribution in [0.2, 0.25) is 0 Å². The van der Waals surface area contributed by atoms with Gasteiger partial charge in [0.2, 0.25) is 5.95 Å². The minimum absolute atomic E-state index is 0.0948. The van der Waals surface area contributed by atoms with Gasteiger partial charge in [-0.1, -0.05) is 6.07 Å². The van der Waals surface area contributed by atoms with E-state index in [1.165, 1.54) is 5.81 Å². The van der Waals surface area contributed by atoms with Gasteiger partial charge in [-0.3, -0.25) is 23.7 Å². The fraction of sp³-hybridized carbons (Fsp3) is 0.370. The van der Waals surface area contributed by atoms with Gasteiger partial charge in [0.25, 0.3) is 5.91 Å². The van der Waals surface area contributed by atoms with Crippen molar-refractivity contribution in [2.75, 3.05) is 58.4 Å². The predicted molar refractivity (Wildman–Crippen MR) is 153 cm³/mol. The zero-order valence-corrected chi connectivity index (χ0v) is 23.9. The summed E-state index contributed by atoms with van der Waals surface area (Å²) in [5, 5.41) is 14.5. The van der Waals surface area contributed by atoms with Crippen molar-refractivity contribution in [3.63, 3.8) is 0 Å². The molecule has 1 amide bonds. The smallest absolute Gasteiger partial charge is 0.339 e. The summed E-state index contributed by atoms with van der Waals surface area (Å²) in [7, 11) is -1.28. The number of amides is 1. The van der Waals surface area contributed by atoms with E-state index < -0.39 is 7.60 Å². The maximum atomic E-state index is 12.6. The van der Waals surface area contributed by atoms with E-state index in [2.05, 4.69) is 51.5 Å². The van der Waals surface area contributed by atoms with Crippen LogP contribution in [-0.4, -0.2) is 83.8 Å². The average molecular weight is 567 g/mol. The highest BCUT2D eigenvalue weighted by molar-refractivity contribution is 7.59. The number of nitriles is 1. The number of benzene rings is 1. The Bertz CT molecular complexity index is 1300. The van der Waals surface area contributed by atoms with Gasteiger partial charge in [-0.25, -0.2) is 14.5 Å². The first-order chi connectivity index (χ1) is 19.4. The van der Waals surface area contributed by atoms with Crippen molar-refractivity contribution >= 4 is 25.1 Å². The lowest BCUT2D eigenvalue weighted by molar-refractivity contribution is 0.0890. The molecule has 0 aliphatic carbocycles. The molecule has 40 heavy (non-hydrogen) atoms. The lowest BCUT2D eigenvalue weighted by Crippen LogP contribution is -2.48. The number of pyridine rings is 1. The molecule has 0 spiro atoms. The minimum atomic E-state index is -3.39. The summed E-state index contributed by atoms with van der Waals surface area (Å²) >= 11 is 0. The monoisotopic (exact) mass is 566 g/mol. The Hall–Kier alpha value is -3.72. The van der Waals surface area contributed by atoms with Gasteiger partial charge < -0.3 is 15.5 Å². The SMILES string of the molecule is CCOP(=O)(C#N)OCC.CN1CCN(CNC(=O)c2cccc(Nc3nccc(-c4cccnc4)n3)c2)CC1. The molecule has 2 aromatic heterocycles. The summed E-state index contributed by atoms with van der Waals surface area (Å²) in [6.07, 6.45) is 5.19. The molecule has 3 heterocycles. The van der Waals surface area contributed by atoms with Crippen LogP contribution >= 0.6 is 7.60 Å². The Labute approximate surface area is 234 Å². The maximum Gasteiger partial charge on any atom is 0.431 e. The van der Waals surface area contributed by atoms with Gasteiger partial charge in [0.05, 0.1) is 25.6 Å². The highest BCUT2D eigenvalue weighted by atomic mass is 31.2. The van der Waals surface area contributed by atoms with Crippen molar-refractivity contribution < 1.29 is 18.4 Å². The summed E-state index contributed by atoms with van der Waals surface area (Å²) in [5.74, 6) is 1.86. The summed E-state index contributed by atoms with van der Waals surface area (Å²) in [6, 6.07) is 13.0. The van der Waals surface area contributed by atoms with Gasteiger partial charge in [-0.2, -0.15) is 5.26 Å². The zero-order chi connectivity index (χ0) is 28.8. The van der Waals surface area contributed by atoms with Crippen LogP contribution in [0.4, 0.5) is 11.6 Å². The van der Waals surface area contributed by atoms with E-state index in [-0.39, 0.29) is 19.1 Å². The number of rotatable bonds is 10. The van der Waals surface area contributed by atoms with Gasteiger partial charge in [0, 0.05) is 61.6 Å². The molecule has 4 rings (SSSR count). The molecular formula is C27H35N8O4P. The molecule has 1 saturated heterocycles. The summed E-state index contributed by atoms with van der Waals surface area (Å²) in [4.78, 5) is 30.1. The topological polar surface area (TPSA) is 146 Å². The molecule has 1 fully saturated rings. The second kappa shape index (κ2) is 15.8. The Morgan fingerprint density at radius 3 is 2.48 bits per heavy atom. The Morgan fingerprint density at radius 1 is 1.07 bits per heavy atom. The first-order valence-electron chi connectivity index (χ1n) is 13.0. The van der Waals surface area contributed by atoms with Crippen LogP contribution in [0.1, 0.15) is 24.2 Å². The van der Waals surface area contributed by atoms with Gasteiger partial charge in [0.15, 0.2) is 5.81 Å². The summed E-state index contributed by atoms with van der Waals surface area (Å²) < 4.78 is 20.2. The molecule has 1 aliphatic heterocycles. The Balaban J connectivity index is 0.000000378. The maximum absolute atomic E-state index is 12.6. The standard InChI is InChI=1S/C22H25N7O.C5H10NO3P/c1-28-10-12-29(13-11-28)16-25-21(30)17-4-2-6-19(14-17)26-22-24-9-7-20(27-22)18-5-3-8-23-15-18;1-3-8-10(7,5-6)9-4-2/h2-9,14-15H,10-13,16H2,1H3,(H,25,30)(H,24,26,27);3-4H2,1-2H3. The number of nitrogens with one attached hydrogen (secondary N) is 2. The largest absolute Gasteiger partial charge is 0.431 e. The molecular weight excluding hydrogens is 531 g/mol. The highest BCUT2D eigenvalue weighted by Crippen LogP contribution is 2.46. The van der Waals surface area contributed by atoms with Crippen LogP contribution in [-0.2, 0) is 13.6 Å². The number of aromatic nitrogens is 3. The van der Waals surface area contributed by atoms with E-state index >= 15 is 0 Å². The molecule has 0 atom stereocenters. The van der Waals surface area contributed by atoms with E-state index in [9.17, 15) is 9.36 Å². The number of piperazine rings is 1. The number of anilines is 2. The molecule has 3 aromatic rings. The van der Waals surface area contributed by atoms with E-state index in [0.717, 1.165) is 43.1 Å². The van der Waals surface area contributed by atoms with Crippen LogP contribution in [0.15, 0.2) is 61.1 Å². The van der Waals surface area contributed by atoms with Crippen molar-refractivity contribution in [2.45, 2.75) is 13.8 Å². The Kier molecular flexibility index (Phi) is 12.1. The van der Waals surface area contributed by atoms with Gasteiger partial charge in [-0.15, -0.1) is 0 Å². The average Bonchev–Trinajstić information content (AvgIpc) is 2.98. The molecule has 0 unspecified atom stereocenters. The van der Waals surface area contributed by atoms with Crippen molar-refractivity contribution in [3.8, 4) is 17.1 Å². The number of carbonyl (C=O) groups excluding carboxylic acids is 1. The van der Waals surface area contributed by atoms with Crippen LogP contribution < -0.4 is 10.6 Å². The number of carbonyl (C=O) groups is 1. The number of likely N-dealkylation sites (N-methyl/N-ethyl adjacent to an activating group) is 1. The summed E-state index contributed by atoms with van der Waals surface area (Å²) in [6.45, 7) is 8.29. The second-order valence-corrected chi connectivity index (χ2v) is 10.4.